The molecule has 0 saturated carbocycles. The van der Waals surface area contributed by atoms with Crippen LogP contribution < -0.4 is 5.32 Å². The fraction of sp³-hybridized carbons (Fsp3) is 0.444. The minimum absolute atomic E-state index is 0.0373. The molecule has 10 heteroatoms. The van der Waals surface area contributed by atoms with E-state index < -0.39 is 12.0 Å². The Balaban J connectivity index is 1.50. The normalized spacial score (nSPS) is 15.8. The number of likely N-dealkylation sites (N-methyl/N-ethyl adjacent to an activating group) is 1. The number of aryl methyl sites for hydroxylation is 1. The lowest BCUT2D eigenvalue weighted by atomic mass is 9.87. The number of hydrogen-bond acceptors (Lipinski definition) is 4. The highest BCUT2D eigenvalue weighted by molar-refractivity contribution is 5.92. The topological polar surface area (TPSA) is 78.3 Å². The summed E-state index contributed by atoms with van der Waals surface area (Å²) >= 11 is 0. The van der Waals surface area contributed by atoms with E-state index in [1.54, 1.807) is 20.2 Å². The summed E-state index contributed by atoms with van der Waals surface area (Å²) in [4.78, 5) is 21.1. The van der Waals surface area contributed by atoms with E-state index in [4.69, 9.17) is 0 Å². The van der Waals surface area contributed by atoms with Crippen molar-refractivity contribution in [2.24, 2.45) is 0 Å². The summed E-state index contributed by atoms with van der Waals surface area (Å²) in [6.45, 7) is 8.18. The Morgan fingerprint density at radius 2 is 1.95 bits per heavy atom. The van der Waals surface area contributed by atoms with Crippen LogP contribution in [0.3, 0.4) is 0 Å². The maximum absolute atomic E-state index is 13.2. The lowest BCUT2D eigenvalue weighted by Crippen LogP contribution is -2.40. The van der Waals surface area contributed by atoms with Crippen molar-refractivity contribution in [2.75, 3.05) is 26.7 Å². The smallest absolute Gasteiger partial charge is 0.358 e. The SMILES string of the molecule is CNC(=O)CN1CCC(c2ccc3[nH]c(-c4cc(C)c5nc(C(F)(F)F)nn5c4)c(C(C)C)c3c2)CC1. The zero-order chi connectivity index (χ0) is 26.5. The van der Waals surface area contributed by atoms with Crippen LogP contribution in [-0.2, 0) is 11.0 Å². The summed E-state index contributed by atoms with van der Waals surface area (Å²) in [6.07, 6.45) is -1.01. The summed E-state index contributed by atoms with van der Waals surface area (Å²) in [5, 5.41) is 7.52. The number of piperidine rings is 1. The summed E-state index contributed by atoms with van der Waals surface area (Å²) in [5.74, 6) is -0.501. The van der Waals surface area contributed by atoms with Gasteiger partial charge in [0.2, 0.25) is 5.91 Å². The lowest BCUT2D eigenvalue weighted by molar-refractivity contribution is -0.144. The second kappa shape index (κ2) is 9.48. The van der Waals surface area contributed by atoms with Crippen molar-refractivity contribution in [3.8, 4) is 11.3 Å². The van der Waals surface area contributed by atoms with E-state index in [0.717, 1.165) is 53.7 Å². The molecule has 3 aromatic heterocycles. The van der Waals surface area contributed by atoms with Gasteiger partial charge in [-0.2, -0.15) is 13.2 Å². The van der Waals surface area contributed by atoms with Gasteiger partial charge in [0.25, 0.3) is 5.82 Å². The van der Waals surface area contributed by atoms with Gasteiger partial charge < -0.3 is 10.3 Å². The third kappa shape index (κ3) is 4.82. The third-order valence-corrected chi connectivity index (χ3v) is 7.30. The van der Waals surface area contributed by atoms with E-state index in [0.29, 0.717) is 18.0 Å². The largest absolute Gasteiger partial charge is 0.453 e. The first-order valence-corrected chi connectivity index (χ1v) is 12.6. The molecule has 1 aromatic carbocycles. The second-order valence-corrected chi connectivity index (χ2v) is 10.2. The van der Waals surface area contributed by atoms with Crippen LogP contribution in [0.1, 0.15) is 61.0 Å². The highest BCUT2D eigenvalue weighted by Crippen LogP contribution is 2.39. The van der Waals surface area contributed by atoms with E-state index in [-0.39, 0.29) is 17.5 Å². The Morgan fingerprint density at radius 3 is 2.59 bits per heavy atom. The molecule has 4 aromatic rings. The standard InChI is InChI=1S/C27H31F3N6O/c1-15(2)23-20-12-18(17-7-9-35(10-8-17)14-22(37)31-4)5-6-21(20)32-24(23)19-11-16(3)25-33-26(27(28,29)30)34-36(25)13-19/h5-6,11-13,15,17,32H,7-10,14H2,1-4H3,(H,31,37). The molecular weight excluding hydrogens is 481 g/mol. The van der Waals surface area contributed by atoms with E-state index in [1.807, 2.05) is 6.07 Å². The molecule has 0 spiro atoms. The first-order valence-electron chi connectivity index (χ1n) is 12.6. The number of rotatable bonds is 5. The molecule has 196 valence electrons. The molecule has 1 fully saturated rings. The van der Waals surface area contributed by atoms with Gasteiger partial charge in [-0.1, -0.05) is 19.9 Å². The second-order valence-electron chi connectivity index (χ2n) is 10.2. The highest BCUT2D eigenvalue weighted by atomic mass is 19.4. The van der Waals surface area contributed by atoms with E-state index in [9.17, 15) is 18.0 Å². The molecule has 2 N–H and O–H groups in total. The summed E-state index contributed by atoms with van der Waals surface area (Å²) < 4.78 is 40.9. The average molecular weight is 513 g/mol. The van der Waals surface area contributed by atoms with Crippen LogP contribution in [0, 0.1) is 6.92 Å². The number of halogens is 3. The highest BCUT2D eigenvalue weighted by Gasteiger charge is 2.36. The number of benzene rings is 1. The number of amides is 1. The number of H-pyrrole nitrogens is 1. The van der Waals surface area contributed by atoms with Crippen LogP contribution in [0.25, 0.3) is 27.8 Å². The number of alkyl halides is 3. The molecule has 5 rings (SSSR count). The van der Waals surface area contributed by atoms with Gasteiger partial charge in [0.1, 0.15) is 0 Å². The van der Waals surface area contributed by atoms with Gasteiger partial charge in [0, 0.05) is 29.7 Å². The summed E-state index contributed by atoms with van der Waals surface area (Å²) in [7, 11) is 1.66. The van der Waals surface area contributed by atoms with Crippen molar-refractivity contribution < 1.29 is 18.0 Å². The van der Waals surface area contributed by atoms with E-state index in [1.165, 1.54) is 10.1 Å². The predicted molar refractivity (Wildman–Crippen MR) is 137 cm³/mol. The van der Waals surface area contributed by atoms with Crippen LogP contribution in [0.4, 0.5) is 13.2 Å². The number of carbonyl (C=O) groups excluding carboxylic acids is 1. The van der Waals surface area contributed by atoms with Crippen molar-refractivity contribution in [2.45, 2.75) is 51.6 Å². The molecule has 0 atom stereocenters. The summed E-state index contributed by atoms with van der Waals surface area (Å²) in [5.41, 5.74) is 5.87. The van der Waals surface area contributed by atoms with Crippen molar-refractivity contribution in [1.29, 1.82) is 0 Å². The molecule has 0 aliphatic carbocycles. The molecule has 1 aliphatic rings. The number of aromatic amines is 1. The van der Waals surface area contributed by atoms with Crippen LogP contribution in [0.2, 0.25) is 0 Å². The molecule has 7 nitrogen and oxygen atoms in total. The molecule has 1 amide bonds. The molecule has 0 bridgehead atoms. The maximum atomic E-state index is 13.2. The van der Waals surface area contributed by atoms with Gasteiger partial charge >= 0.3 is 6.18 Å². The van der Waals surface area contributed by atoms with Crippen LogP contribution >= 0.6 is 0 Å². The number of pyridine rings is 1. The third-order valence-electron chi connectivity index (χ3n) is 7.30. The first-order chi connectivity index (χ1) is 17.5. The fourth-order valence-corrected chi connectivity index (χ4v) is 5.42. The van der Waals surface area contributed by atoms with Crippen molar-refractivity contribution in [3.05, 3.63) is 53.0 Å². The van der Waals surface area contributed by atoms with Gasteiger partial charge in [0.05, 0.1) is 12.2 Å². The number of hydrogen-bond donors (Lipinski definition) is 2. The Bertz CT molecular complexity index is 1460. The Hall–Kier alpha value is -3.40. The van der Waals surface area contributed by atoms with Crippen molar-refractivity contribution in [3.63, 3.8) is 0 Å². The van der Waals surface area contributed by atoms with Crippen molar-refractivity contribution in [1.82, 2.24) is 29.8 Å². The molecule has 37 heavy (non-hydrogen) atoms. The number of likely N-dealkylation sites (tertiary alicyclic amines) is 1. The van der Waals surface area contributed by atoms with Gasteiger partial charge in [-0.15, -0.1) is 5.10 Å². The quantitative estimate of drug-likeness (QED) is 0.383. The van der Waals surface area contributed by atoms with Crippen LogP contribution in [-0.4, -0.2) is 57.1 Å². The lowest BCUT2D eigenvalue weighted by Gasteiger charge is -2.31. The monoisotopic (exact) mass is 512 g/mol. The van der Waals surface area contributed by atoms with E-state index >= 15 is 0 Å². The minimum Gasteiger partial charge on any atom is -0.358 e. The molecular formula is C27H31F3N6O. The van der Waals surface area contributed by atoms with Crippen LogP contribution in [0.15, 0.2) is 30.5 Å². The van der Waals surface area contributed by atoms with Gasteiger partial charge in [-0.25, -0.2) is 9.50 Å². The Morgan fingerprint density at radius 1 is 1.22 bits per heavy atom. The Kier molecular flexibility index (Phi) is 6.47. The van der Waals surface area contributed by atoms with Gasteiger partial charge in [-0.3, -0.25) is 9.69 Å². The zero-order valence-electron chi connectivity index (χ0n) is 21.4. The number of nitrogens with one attached hydrogen (secondary N) is 2. The average Bonchev–Trinajstić information content (AvgIpc) is 3.46. The molecule has 0 unspecified atom stereocenters. The number of fused-ring (bicyclic) bond motifs is 2. The fourth-order valence-electron chi connectivity index (χ4n) is 5.42. The molecule has 1 aliphatic heterocycles. The minimum atomic E-state index is -4.60. The van der Waals surface area contributed by atoms with Gasteiger partial charge in [0.15, 0.2) is 5.65 Å². The Labute approximate surface area is 213 Å². The zero-order valence-corrected chi connectivity index (χ0v) is 21.4. The number of nitrogens with zero attached hydrogens (tertiary/aromatic N) is 4. The maximum Gasteiger partial charge on any atom is 0.453 e. The van der Waals surface area contributed by atoms with E-state index in [2.05, 4.69) is 57.3 Å². The summed E-state index contributed by atoms with van der Waals surface area (Å²) in [6, 6.07) is 8.38. The number of aromatic nitrogens is 4. The first kappa shape index (κ1) is 25.3. The van der Waals surface area contributed by atoms with Crippen molar-refractivity contribution >= 4 is 22.5 Å². The molecule has 4 heterocycles. The number of carbonyl (C=O) groups is 1. The molecule has 1 saturated heterocycles. The predicted octanol–water partition coefficient (Wildman–Crippen LogP) is 5.25. The van der Waals surface area contributed by atoms with Gasteiger partial charge in [-0.05, 0) is 79.6 Å². The molecule has 0 radical (unpaired) electrons. The van der Waals surface area contributed by atoms with Crippen LogP contribution in [0.5, 0.6) is 0 Å².